The highest BCUT2D eigenvalue weighted by molar-refractivity contribution is 5.89. The van der Waals surface area contributed by atoms with Gasteiger partial charge in [-0.15, -0.1) is 0 Å². The summed E-state index contributed by atoms with van der Waals surface area (Å²) in [6.07, 6.45) is 4.14. The first-order chi connectivity index (χ1) is 10.0. The van der Waals surface area contributed by atoms with E-state index in [9.17, 15) is 9.59 Å². The van der Waals surface area contributed by atoms with Gasteiger partial charge in [0, 0.05) is 18.2 Å². The van der Waals surface area contributed by atoms with Crippen LogP contribution in [0.15, 0.2) is 24.3 Å². The van der Waals surface area contributed by atoms with Gasteiger partial charge in [0.25, 0.3) is 0 Å². The molecule has 0 saturated heterocycles. The van der Waals surface area contributed by atoms with Crippen molar-refractivity contribution in [1.82, 2.24) is 5.32 Å². The van der Waals surface area contributed by atoms with E-state index in [1.807, 2.05) is 25.1 Å². The van der Waals surface area contributed by atoms with E-state index in [-0.39, 0.29) is 18.5 Å². The van der Waals surface area contributed by atoms with Crippen LogP contribution in [0.25, 0.3) is 0 Å². The van der Waals surface area contributed by atoms with Crippen LogP contribution < -0.4 is 10.6 Å². The largest absolute Gasteiger partial charge is 0.481 e. The molecule has 1 unspecified atom stereocenters. The van der Waals surface area contributed by atoms with Crippen molar-refractivity contribution in [3.63, 3.8) is 0 Å². The third kappa shape index (κ3) is 5.85. The Morgan fingerprint density at radius 2 is 2.14 bits per heavy atom. The average molecular weight is 290 g/mol. The van der Waals surface area contributed by atoms with Gasteiger partial charge in [0.1, 0.15) is 0 Å². The highest BCUT2D eigenvalue weighted by Gasteiger charge is 2.24. The number of carboxylic acids is 1. The first-order valence-electron chi connectivity index (χ1n) is 7.41. The van der Waals surface area contributed by atoms with Gasteiger partial charge in [-0.1, -0.05) is 25.0 Å². The minimum absolute atomic E-state index is 0.0913. The second-order valence-electron chi connectivity index (χ2n) is 5.77. The summed E-state index contributed by atoms with van der Waals surface area (Å²) in [5, 5.41) is 14.4. The van der Waals surface area contributed by atoms with Crippen molar-refractivity contribution in [1.29, 1.82) is 0 Å². The van der Waals surface area contributed by atoms with Crippen molar-refractivity contribution in [2.45, 2.75) is 45.1 Å². The Bertz CT molecular complexity index is 512. The van der Waals surface area contributed by atoms with Crippen LogP contribution in [0, 0.1) is 5.92 Å². The number of urea groups is 1. The highest BCUT2D eigenvalue weighted by Crippen LogP contribution is 2.33. The molecule has 21 heavy (non-hydrogen) atoms. The molecule has 0 bridgehead atoms. The molecule has 114 valence electrons. The zero-order valence-electron chi connectivity index (χ0n) is 12.3. The Morgan fingerprint density at radius 1 is 1.38 bits per heavy atom. The molecule has 1 atom stereocenters. The van der Waals surface area contributed by atoms with E-state index in [2.05, 4.69) is 10.6 Å². The fourth-order valence-corrected chi connectivity index (χ4v) is 2.36. The van der Waals surface area contributed by atoms with E-state index < -0.39 is 5.97 Å². The van der Waals surface area contributed by atoms with Crippen LogP contribution in [0.4, 0.5) is 10.5 Å². The number of rotatable bonds is 7. The Morgan fingerprint density at radius 3 is 2.81 bits per heavy atom. The molecule has 0 radical (unpaired) electrons. The summed E-state index contributed by atoms with van der Waals surface area (Å²) >= 11 is 0. The van der Waals surface area contributed by atoms with Crippen LogP contribution in [0.3, 0.4) is 0 Å². The maximum absolute atomic E-state index is 11.9. The van der Waals surface area contributed by atoms with Gasteiger partial charge >= 0.3 is 12.0 Å². The minimum atomic E-state index is -0.819. The molecule has 1 fully saturated rings. The van der Waals surface area contributed by atoms with Crippen LogP contribution >= 0.6 is 0 Å². The molecule has 0 heterocycles. The smallest absolute Gasteiger partial charge is 0.319 e. The summed E-state index contributed by atoms with van der Waals surface area (Å²) in [6, 6.07) is 7.26. The van der Waals surface area contributed by atoms with Gasteiger partial charge in [-0.3, -0.25) is 4.79 Å². The maximum atomic E-state index is 11.9. The first kappa shape index (κ1) is 15.4. The third-order valence-electron chi connectivity index (χ3n) is 3.57. The summed E-state index contributed by atoms with van der Waals surface area (Å²) in [4.78, 5) is 22.5. The lowest BCUT2D eigenvalue weighted by Gasteiger charge is -2.14. The van der Waals surface area contributed by atoms with E-state index >= 15 is 0 Å². The SMILES string of the molecule is CC(CC1CC1)NC(=O)Nc1cccc(CCC(=O)O)c1. The lowest BCUT2D eigenvalue weighted by atomic mass is 10.1. The van der Waals surface area contributed by atoms with E-state index in [1.54, 1.807) is 6.07 Å². The zero-order chi connectivity index (χ0) is 15.2. The number of carboxylic acid groups (broad SMARTS) is 1. The average Bonchev–Trinajstić information content (AvgIpc) is 3.20. The second kappa shape index (κ2) is 7.11. The lowest BCUT2D eigenvalue weighted by molar-refractivity contribution is -0.136. The molecule has 0 aromatic heterocycles. The number of aryl methyl sites for hydroxylation is 1. The highest BCUT2D eigenvalue weighted by atomic mass is 16.4. The maximum Gasteiger partial charge on any atom is 0.319 e. The molecular formula is C16H22N2O3. The molecule has 0 aliphatic heterocycles. The van der Waals surface area contributed by atoms with Gasteiger partial charge in [-0.25, -0.2) is 4.79 Å². The Labute approximate surface area is 124 Å². The lowest BCUT2D eigenvalue weighted by Crippen LogP contribution is -2.36. The predicted molar refractivity (Wildman–Crippen MR) is 81.4 cm³/mol. The first-order valence-corrected chi connectivity index (χ1v) is 7.41. The number of hydrogen-bond acceptors (Lipinski definition) is 2. The van der Waals surface area contributed by atoms with Crippen molar-refractivity contribution >= 4 is 17.7 Å². The molecule has 5 heteroatoms. The van der Waals surface area contributed by atoms with Crippen LogP contribution in [0.5, 0.6) is 0 Å². The fraction of sp³-hybridized carbons (Fsp3) is 0.500. The topological polar surface area (TPSA) is 78.4 Å². The van der Waals surface area contributed by atoms with E-state index in [4.69, 9.17) is 5.11 Å². The molecule has 5 nitrogen and oxygen atoms in total. The van der Waals surface area contributed by atoms with E-state index in [0.29, 0.717) is 12.1 Å². The summed E-state index contributed by atoms with van der Waals surface area (Å²) in [6.45, 7) is 2.02. The molecule has 2 rings (SSSR count). The van der Waals surface area contributed by atoms with Crippen molar-refractivity contribution in [3.8, 4) is 0 Å². The fourth-order valence-electron chi connectivity index (χ4n) is 2.36. The Kier molecular flexibility index (Phi) is 5.20. The monoisotopic (exact) mass is 290 g/mol. The van der Waals surface area contributed by atoms with Gasteiger partial charge in [0.2, 0.25) is 0 Å². The number of carbonyl (C=O) groups is 2. The summed E-state index contributed by atoms with van der Waals surface area (Å²) in [5.41, 5.74) is 1.59. The van der Waals surface area contributed by atoms with Gasteiger partial charge in [-0.2, -0.15) is 0 Å². The van der Waals surface area contributed by atoms with Crippen molar-refractivity contribution in [3.05, 3.63) is 29.8 Å². The Hall–Kier alpha value is -2.04. The Balaban J connectivity index is 1.81. The van der Waals surface area contributed by atoms with Gasteiger partial charge in [-0.05, 0) is 43.4 Å². The summed E-state index contributed by atoms with van der Waals surface area (Å²) < 4.78 is 0. The van der Waals surface area contributed by atoms with Crippen molar-refractivity contribution in [2.24, 2.45) is 5.92 Å². The molecule has 0 spiro atoms. The second-order valence-corrected chi connectivity index (χ2v) is 5.77. The quantitative estimate of drug-likeness (QED) is 0.722. The summed E-state index contributed by atoms with van der Waals surface area (Å²) in [7, 11) is 0. The van der Waals surface area contributed by atoms with Crippen LogP contribution in [0.1, 0.15) is 38.2 Å². The van der Waals surface area contributed by atoms with Crippen molar-refractivity contribution in [2.75, 3.05) is 5.32 Å². The molecule has 2 amide bonds. The molecule has 1 aromatic rings. The van der Waals surface area contributed by atoms with Gasteiger partial charge in [0.15, 0.2) is 0 Å². The van der Waals surface area contributed by atoms with Gasteiger partial charge in [0.05, 0.1) is 0 Å². The van der Waals surface area contributed by atoms with Crippen LogP contribution in [-0.2, 0) is 11.2 Å². The van der Waals surface area contributed by atoms with E-state index in [0.717, 1.165) is 17.9 Å². The predicted octanol–water partition coefficient (Wildman–Crippen LogP) is 3.01. The van der Waals surface area contributed by atoms with Gasteiger partial charge < -0.3 is 15.7 Å². The molecular weight excluding hydrogens is 268 g/mol. The number of nitrogens with one attached hydrogen (secondary N) is 2. The molecule has 1 aliphatic rings. The van der Waals surface area contributed by atoms with Crippen LogP contribution in [-0.4, -0.2) is 23.1 Å². The number of hydrogen-bond donors (Lipinski definition) is 3. The molecule has 1 saturated carbocycles. The number of aliphatic carboxylic acids is 1. The molecule has 3 N–H and O–H groups in total. The number of benzene rings is 1. The zero-order valence-corrected chi connectivity index (χ0v) is 12.3. The molecule has 1 aliphatic carbocycles. The van der Waals surface area contributed by atoms with E-state index in [1.165, 1.54) is 12.8 Å². The summed E-state index contributed by atoms with van der Waals surface area (Å²) in [5.74, 6) is -0.0420. The minimum Gasteiger partial charge on any atom is -0.481 e. The third-order valence-corrected chi connectivity index (χ3v) is 3.57. The normalized spacial score (nSPS) is 15.3. The standard InChI is InChI=1S/C16H22N2O3/c1-11(9-13-5-6-13)17-16(21)18-14-4-2-3-12(10-14)7-8-15(19)20/h2-4,10-11,13H,5-9H2,1H3,(H,19,20)(H2,17,18,21). The number of anilines is 1. The van der Waals surface area contributed by atoms with Crippen molar-refractivity contribution < 1.29 is 14.7 Å². The number of amides is 2. The number of carbonyl (C=O) groups excluding carboxylic acids is 1. The van der Waals surface area contributed by atoms with Crippen LogP contribution in [0.2, 0.25) is 0 Å². The molecule has 1 aromatic carbocycles.